The molecule has 0 saturated heterocycles. The van der Waals surface area contributed by atoms with Gasteiger partial charge in [-0.05, 0) is 38.7 Å². The number of fused-ring (bicyclic) bond motifs is 1. The van der Waals surface area contributed by atoms with Gasteiger partial charge in [0.15, 0.2) is 11.9 Å². The van der Waals surface area contributed by atoms with Crippen molar-refractivity contribution in [3.05, 3.63) is 42.0 Å². The summed E-state index contributed by atoms with van der Waals surface area (Å²) in [4.78, 5) is 23.1. The molecule has 0 spiro atoms. The van der Waals surface area contributed by atoms with E-state index in [0.717, 1.165) is 62.8 Å². The number of nitrogens with one attached hydrogen (secondary N) is 2. The zero-order chi connectivity index (χ0) is 25.1. The summed E-state index contributed by atoms with van der Waals surface area (Å²) < 4.78 is 5.93. The first-order valence-electron chi connectivity index (χ1n) is 12.8. The molecule has 194 valence electrons. The van der Waals surface area contributed by atoms with Crippen molar-refractivity contribution >= 4 is 18.0 Å². The van der Waals surface area contributed by atoms with Gasteiger partial charge in [-0.1, -0.05) is 56.0 Å². The minimum absolute atomic E-state index is 0.134. The molecule has 0 bridgehead atoms. The first-order chi connectivity index (χ1) is 17.1. The van der Waals surface area contributed by atoms with Crippen LogP contribution in [0.15, 0.2) is 46.4 Å². The van der Waals surface area contributed by atoms with Crippen molar-refractivity contribution in [3.8, 4) is 5.75 Å². The molecule has 0 radical (unpaired) electrons. The van der Waals surface area contributed by atoms with Crippen LogP contribution in [-0.4, -0.2) is 55.6 Å². The number of aliphatic imine (C=N–C) groups is 2. The fourth-order valence-electron chi connectivity index (χ4n) is 3.74. The molecule has 0 aliphatic carbocycles. The van der Waals surface area contributed by atoms with E-state index in [-0.39, 0.29) is 12.0 Å². The Morgan fingerprint density at radius 3 is 2.80 bits per heavy atom. The van der Waals surface area contributed by atoms with Gasteiger partial charge in [0.1, 0.15) is 5.75 Å². The van der Waals surface area contributed by atoms with E-state index in [1.165, 1.54) is 6.42 Å². The molecule has 6 N–H and O–H groups in total. The summed E-state index contributed by atoms with van der Waals surface area (Å²) in [5.74, 6) is 1.46. The van der Waals surface area contributed by atoms with Crippen molar-refractivity contribution in [1.29, 1.82) is 0 Å². The molecule has 0 unspecified atom stereocenters. The number of carbonyl (C=O) groups excluding carboxylic acids is 1. The van der Waals surface area contributed by atoms with Crippen molar-refractivity contribution in [2.75, 3.05) is 32.8 Å². The van der Waals surface area contributed by atoms with Gasteiger partial charge < -0.3 is 26.4 Å². The van der Waals surface area contributed by atoms with Crippen LogP contribution in [0.3, 0.4) is 0 Å². The highest BCUT2D eigenvalue weighted by molar-refractivity contribution is 5.95. The second-order valence-electron chi connectivity index (χ2n) is 8.63. The van der Waals surface area contributed by atoms with Gasteiger partial charge in [0.05, 0.1) is 19.7 Å². The SMILES string of the molecule is C/C=C/CN=C(N)NCCCCCCCCN1CCCCOc2ccccc2CN=C(N)NC1=O. The number of guanidine groups is 2. The second kappa shape index (κ2) is 17.2. The van der Waals surface area contributed by atoms with Crippen molar-refractivity contribution < 1.29 is 9.53 Å². The molecule has 1 aliphatic rings. The number of nitrogens with two attached hydrogens (primary N) is 2. The van der Waals surface area contributed by atoms with Gasteiger partial charge in [-0.25, -0.2) is 14.8 Å². The Hall–Kier alpha value is -3.23. The Balaban J connectivity index is 1.66. The number of carbonyl (C=O) groups is 1. The summed E-state index contributed by atoms with van der Waals surface area (Å²) in [6, 6.07) is 7.62. The van der Waals surface area contributed by atoms with Crippen LogP contribution in [0.5, 0.6) is 5.75 Å². The van der Waals surface area contributed by atoms with Crippen molar-refractivity contribution in [3.63, 3.8) is 0 Å². The monoisotopic (exact) mass is 485 g/mol. The van der Waals surface area contributed by atoms with Crippen molar-refractivity contribution in [1.82, 2.24) is 15.5 Å². The maximum atomic E-state index is 12.7. The molecule has 1 aliphatic heterocycles. The van der Waals surface area contributed by atoms with Crippen LogP contribution >= 0.6 is 0 Å². The molecule has 2 rings (SSSR count). The highest BCUT2D eigenvalue weighted by Crippen LogP contribution is 2.19. The highest BCUT2D eigenvalue weighted by atomic mass is 16.5. The predicted octanol–water partition coefficient (Wildman–Crippen LogP) is 3.51. The van der Waals surface area contributed by atoms with E-state index in [1.54, 1.807) is 0 Å². The fourth-order valence-corrected chi connectivity index (χ4v) is 3.74. The Morgan fingerprint density at radius 2 is 1.97 bits per heavy atom. The van der Waals surface area contributed by atoms with E-state index < -0.39 is 0 Å². The number of nitrogens with zero attached hydrogens (tertiary/aromatic N) is 3. The molecular formula is C26H43N7O2. The quantitative estimate of drug-likeness (QED) is 0.165. The Kier molecular flexibility index (Phi) is 13.8. The Morgan fingerprint density at radius 1 is 1.20 bits per heavy atom. The summed E-state index contributed by atoms with van der Waals surface area (Å²) in [5.41, 5.74) is 12.7. The number of benzene rings is 1. The van der Waals surface area contributed by atoms with E-state index in [1.807, 2.05) is 48.2 Å². The van der Waals surface area contributed by atoms with Crippen LogP contribution in [0.1, 0.15) is 63.9 Å². The van der Waals surface area contributed by atoms with Gasteiger partial charge in [0, 0.05) is 25.2 Å². The lowest BCUT2D eigenvalue weighted by molar-refractivity contribution is 0.198. The third-order valence-corrected chi connectivity index (χ3v) is 5.76. The standard InChI is InChI=1S/C26H43N7O2/c1-2-3-16-29-24(27)30-17-10-6-4-5-7-11-18-33-19-12-13-20-35-23-15-9-8-14-22(23)21-31-25(28)32-26(33)34/h2-3,8-9,14-15H,4-7,10-13,16-21H2,1H3,(H3,27,29,30)(H3,28,31,32,34)/b3-2+. The van der Waals surface area contributed by atoms with E-state index >= 15 is 0 Å². The molecule has 9 nitrogen and oxygen atoms in total. The molecule has 2 amide bonds. The highest BCUT2D eigenvalue weighted by Gasteiger charge is 2.14. The zero-order valence-corrected chi connectivity index (χ0v) is 21.2. The average Bonchev–Trinajstić information content (AvgIpc) is 2.86. The number of ether oxygens (including phenoxy) is 1. The lowest BCUT2D eigenvalue weighted by Crippen LogP contribution is -2.46. The number of allylic oxidation sites excluding steroid dienone is 1. The molecule has 0 atom stereocenters. The Bertz CT molecular complexity index is 839. The van der Waals surface area contributed by atoms with Crippen LogP contribution in [0.4, 0.5) is 4.79 Å². The van der Waals surface area contributed by atoms with Crippen molar-refractivity contribution in [2.24, 2.45) is 21.5 Å². The molecule has 1 heterocycles. The molecular weight excluding hydrogens is 442 g/mol. The van der Waals surface area contributed by atoms with Crippen molar-refractivity contribution in [2.45, 2.75) is 64.8 Å². The summed E-state index contributed by atoms with van der Waals surface area (Å²) in [5, 5.41) is 5.89. The molecule has 0 aromatic heterocycles. The predicted molar refractivity (Wildman–Crippen MR) is 144 cm³/mol. The molecule has 0 saturated carbocycles. The van der Waals surface area contributed by atoms with Gasteiger partial charge in [-0.2, -0.15) is 0 Å². The minimum atomic E-state index is -0.181. The van der Waals surface area contributed by atoms with Gasteiger partial charge in [-0.3, -0.25) is 5.32 Å². The average molecular weight is 486 g/mol. The number of hydrogen-bond acceptors (Lipinski definition) is 5. The van der Waals surface area contributed by atoms with E-state index in [2.05, 4.69) is 20.6 Å². The number of para-hydroxylation sites is 1. The lowest BCUT2D eigenvalue weighted by Gasteiger charge is -2.23. The van der Waals surface area contributed by atoms with Crippen LogP contribution in [0.25, 0.3) is 0 Å². The van der Waals surface area contributed by atoms with Crippen LogP contribution < -0.4 is 26.8 Å². The maximum absolute atomic E-state index is 12.7. The summed E-state index contributed by atoms with van der Waals surface area (Å²) >= 11 is 0. The number of amides is 2. The normalized spacial score (nSPS) is 15.8. The van der Waals surface area contributed by atoms with E-state index in [9.17, 15) is 4.79 Å². The zero-order valence-electron chi connectivity index (χ0n) is 21.2. The summed E-state index contributed by atoms with van der Waals surface area (Å²) in [6.45, 7) is 5.80. The number of hydrogen-bond donors (Lipinski definition) is 4. The number of rotatable bonds is 11. The molecule has 9 heteroatoms. The third-order valence-electron chi connectivity index (χ3n) is 5.76. The lowest BCUT2D eigenvalue weighted by atomic mass is 10.1. The topological polar surface area (TPSA) is 130 Å². The first kappa shape index (κ1) is 28.0. The first-order valence-corrected chi connectivity index (χ1v) is 12.8. The van der Waals surface area contributed by atoms with E-state index in [0.29, 0.717) is 38.7 Å². The number of urea groups is 1. The smallest absolute Gasteiger partial charge is 0.324 e. The molecule has 35 heavy (non-hydrogen) atoms. The van der Waals surface area contributed by atoms with E-state index in [4.69, 9.17) is 16.2 Å². The van der Waals surface area contributed by atoms with Gasteiger partial charge in [0.2, 0.25) is 0 Å². The summed E-state index contributed by atoms with van der Waals surface area (Å²) in [7, 11) is 0. The molecule has 1 aromatic carbocycles. The van der Waals surface area contributed by atoms with Crippen LogP contribution in [0, 0.1) is 0 Å². The minimum Gasteiger partial charge on any atom is -0.493 e. The van der Waals surface area contributed by atoms with Crippen LogP contribution in [-0.2, 0) is 6.54 Å². The van der Waals surface area contributed by atoms with Crippen LogP contribution in [0.2, 0.25) is 0 Å². The maximum Gasteiger partial charge on any atom is 0.324 e. The van der Waals surface area contributed by atoms with Gasteiger partial charge in [0.25, 0.3) is 0 Å². The fraction of sp³-hybridized carbons (Fsp3) is 0.577. The summed E-state index contributed by atoms with van der Waals surface area (Å²) in [6.07, 6.45) is 12.3. The molecule has 1 aromatic rings. The van der Waals surface area contributed by atoms with Gasteiger partial charge in [-0.15, -0.1) is 0 Å². The third kappa shape index (κ3) is 12.2. The number of unbranched alkanes of at least 4 members (excludes halogenated alkanes) is 5. The second-order valence-corrected chi connectivity index (χ2v) is 8.63. The Labute approximate surface area is 210 Å². The molecule has 0 fully saturated rings. The van der Waals surface area contributed by atoms with Gasteiger partial charge >= 0.3 is 6.03 Å². The largest absolute Gasteiger partial charge is 0.493 e.